The summed E-state index contributed by atoms with van der Waals surface area (Å²) >= 11 is 7.70. The van der Waals surface area contributed by atoms with Gasteiger partial charge in [-0.2, -0.15) is 0 Å². The van der Waals surface area contributed by atoms with Crippen LogP contribution in [0.25, 0.3) is 22.4 Å². The molecule has 0 N–H and O–H groups in total. The molecule has 1 aromatic heterocycles. The van der Waals surface area contributed by atoms with Crippen molar-refractivity contribution < 1.29 is 14.4 Å². The maximum atomic E-state index is 10.9. The summed E-state index contributed by atoms with van der Waals surface area (Å²) in [4.78, 5) is 14.9. The quantitative estimate of drug-likeness (QED) is 0.414. The van der Waals surface area contributed by atoms with E-state index in [0.717, 1.165) is 15.3 Å². The number of fused-ring (bicyclic) bond motifs is 1. The molecule has 0 radical (unpaired) electrons. The highest BCUT2D eigenvalue weighted by Crippen LogP contribution is 2.37. The van der Waals surface area contributed by atoms with E-state index < -0.39 is 4.92 Å². The number of aromatic nitrogens is 1. The van der Waals surface area contributed by atoms with Gasteiger partial charge in [-0.3, -0.25) is 10.1 Å². The van der Waals surface area contributed by atoms with E-state index >= 15 is 0 Å². The zero-order valence-corrected chi connectivity index (χ0v) is 15.6. The average Bonchev–Trinajstić information content (AvgIpc) is 3.02. The number of ether oxygens (including phenoxy) is 2. The Labute approximate surface area is 158 Å². The average molecular weight is 391 g/mol. The molecule has 0 aliphatic rings. The number of non-ortho nitro benzene ring substituents is 1. The molecule has 3 aromatic rings. The number of thiazole rings is 1. The van der Waals surface area contributed by atoms with E-state index in [2.05, 4.69) is 4.98 Å². The number of benzene rings is 2. The first-order valence-corrected chi connectivity index (χ1v) is 8.94. The van der Waals surface area contributed by atoms with Gasteiger partial charge in [0, 0.05) is 12.1 Å². The molecule has 0 spiro atoms. The Morgan fingerprint density at radius 2 is 2.12 bits per heavy atom. The minimum absolute atomic E-state index is 0.0293. The molecular formula is C18H15ClN2O4S. The van der Waals surface area contributed by atoms with Crippen molar-refractivity contribution in [2.24, 2.45) is 0 Å². The second-order valence-corrected chi connectivity index (χ2v) is 6.73. The molecule has 8 heteroatoms. The summed E-state index contributed by atoms with van der Waals surface area (Å²) in [6.07, 6.45) is 3.70. The third-order valence-electron chi connectivity index (χ3n) is 3.55. The van der Waals surface area contributed by atoms with E-state index in [1.54, 1.807) is 19.2 Å². The van der Waals surface area contributed by atoms with Gasteiger partial charge in [-0.05, 0) is 36.8 Å². The summed E-state index contributed by atoms with van der Waals surface area (Å²) in [6.45, 7) is 2.38. The van der Waals surface area contributed by atoms with Gasteiger partial charge >= 0.3 is 0 Å². The van der Waals surface area contributed by atoms with E-state index in [1.165, 1.54) is 23.5 Å². The third-order valence-corrected chi connectivity index (χ3v) is 4.84. The Hall–Kier alpha value is -2.64. The van der Waals surface area contributed by atoms with Gasteiger partial charge in [-0.1, -0.05) is 17.7 Å². The fraction of sp³-hybridized carbons (Fsp3) is 0.167. The molecule has 0 amide bonds. The molecule has 0 unspecified atom stereocenters. The van der Waals surface area contributed by atoms with E-state index in [9.17, 15) is 10.1 Å². The summed E-state index contributed by atoms with van der Waals surface area (Å²) in [5.41, 5.74) is 1.47. The number of nitro groups is 1. The van der Waals surface area contributed by atoms with Crippen molar-refractivity contribution in [3.05, 3.63) is 56.0 Å². The van der Waals surface area contributed by atoms with Crippen LogP contribution < -0.4 is 9.47 Å². The number of nitro benzene ring substituents is 1. The number of hydrogen-bond acceptors (Lipinski definition) is 6. The second kappa shape index (κ2) is 7.72. The predicted octanol–water partition coefficient (Wildman–Crippen LogP) is 5.44. The van der Waals surface area contributed by atoms with Crippen molar-refractivity contribution >= 4 is 51.0 Å². The number of nitrogens with zero attached hydrogens (tertiary/aromatic N) is 2. The number of rotatable bonds is 6. The fourth-order valence-corrected chi connectivity index (χ4v) is 3.58. The molecule has 1 heterocycles. The van der Waals surface area contributed by atoms with Crippen molar-refractivity contribution in [3.63, 3.8) is 0 Å². The maximum absolute atomic E-state index is 10.9. The molecule has 0 bridgehead atoms. The van der Waals surface area contributed by atoms with Crippen molar-refractivity contribution in [1.82, 2.24) is 4.98 Å². The van der Waals surface area contributed by atoms with Crippen LogP contribution in [-0.4, -0.2) is 23.6 Å². The Kier molecular flexibility index (Phi) is 5.39. The van der Waals surface area contributed by atoms with Crippen LogP contribution in [0.2, 0.25) is 5.02 Å². The van der Waals surface area contributed by atoms with Gasteiger partial charge in [0.05, 0.1) is 33.9 Å². The van der Waals surface area contributed by atoms with Crippen molar-refractivity contribution in [2.75, 3.05) is 13.7 Å². The number of hydrogen-bond donors (Lipinski definition) is 0. The topological polar surface area (TPSA) is 74.5 Å². The van der Waals surface area contributed by atoms with Gasteiger partial charge in [-0.15, -0.1) is 11.3 Å². The first kappa shape index (κ1) is 18.2. The smallest absolute Gasteiger partial charge is 0.271 e. The highest BCUT2D eigenvalue weighted by molar-refractivity contribution is 7.19. The standard InChI is InChI=1S/C18H15ClN2O4S/c1-3-25-15-9-11(8-13(19)18(15)24-2)4-7-17-20-14-10-12(21(22)23)5-6-16(14)26-17/h4-10H,3H2,1-2H3/b7-4+. The van der Waals surface area contributed by atoms with Gasteiger partial charge in [-0.25, -0.2) is 4.98 Å². The highest BCUT2D eigenvalue weighted by atomic mass is 35.5. The lowest BCUT2D eigenvalue weighted by atomic mass is 10.2. The first-order valence-electron chi connectivity index (χ1n) is 7.75. The molecule has 26 heavy (non-hydrogen) atoms. The van der Waals surface area contributed by atoms with E-state index in [4.69, 9.17) is 21.1 Å². The summed E-state index contributed by atoms with van der Waals surface area (Å²) in [5, 5.41) is 12.1. The zero-order valence-electron chi connectivity index (χ0n) is 14.1. The molecule has 6 nitrogen and oxygen atoms in total. The normalized spacial score (nSPS) is 11.2. The molecule has 0 aliphatic carbocycles. The van der Waals surface area contributed by atoms with Crippen molar-refractivity contribution in [2.45, 2.75) is 6.92 Å². The van der Waals surface area contributed by atoms with Gasteiger partial charge in [0.2, 0.25) is 0 Å². The molecule has 2 aromatic carbocycles. The second-order valence-electron chi connectivity index (χ2n) is 5.26. The van der Waals surface area contributed by atoms with Gasteiger partial charge < -0.3 is 9.47 Å². The van der Waals surface area contributed by atoms with E-state index in [-0.39, 0.29) is 5.69 Å². The lowest BCUT2D eigenvalue weighted by Crippen LogP contribution is -1.96. The molecule has 0 saturated heterocycles. The largest absolute Gasteiger partial charge is 0.491 e. The molecule has 0 fully saturated rings. The first-order chi connectivity index (χ1) is 12.5. The van der Waals surface area contributed by atoms with Crippen LogP contribution in [0.3, 0.4) is 0 Å². The third kappa shape index (κ3) is 3.79. The summed E-state index contributed by atoms with van der Waals surface area (Å²) < 4.78 is 11.7. The van der Waals surface area contributed by atoms with Crippen LogP contribution in [0.4, 0.5) is 5.69 Å². The fourth-order valence-electron chi connectivity index (χ4n) is 2.43. The lowest BCUT2D eigenvalue weighted by molar-refractivity contribution is -0.384. The van der Waals surface area contributed by atoms with Crippen LogP contribution in [0.15, 0.2) is 30.3 Å². The highest BCUT2D eigenvalue weighted by Gasteiger charge is 2.11. The van der Waals surface area contributed by atoms with Crippen LogP contribution >= 0.6 is 22.9 Å². The van der Waals surface area contributed by atoms with Crippen LogP contribution in [0, 0.1) is 10.1 Å². The maximum Gasteiger partial charge on any atom is 0.271 e. The Morgan fingerprint density at radius 1 is 1.31 bits per heavy atom. The van der Waals surface area contributed by atoms with Crippen LogP contribution in [0.5, 0.6) is 11.5 Å². The lowest BCUT2D eigenvalue weighted by Gasteiger charge is -2.11. The monoisotopic (exact) mass is 390 g/mol. The predicted molar refractivity (Wildman–Crippen MR) is 104 cm³/mol. The summed E-state index contributed by atoms with van der Waals surface area (Å²) in [7, 11) is 1.54. The van der Waals surface area contributed by atoms with E-state index in [0.29, 0.717) is 28.6 Å². The van der Waals surface area contributed by atoms with Gasteiger partial charge in [0.1, 0.15) is 5.01 Å². The van der Waals surface area contributed by atoms with E-state index in [1.807, 2.05) is 25.1 Å². The SMILES string of the molecule is CCOc1cc(/C=C/c2nc3cc([N+](=O)[O-])ccc3s2)cc(Cl)c1OC. The number of methoxy groups -OCH3 is 1. The summed E-state index contributed by atoms with van der Waals surface area (Å²) in [5.74, 6) is 1.07. The molecule has 0 saturated carbocycles. The Morgan fingerprint density at radius 3 is 2.81 bits per heavy atom. The summed E-state index contributed by atoms with van der Waals surface area (Å²) in [6, 6.07) is 8.27. The van der Waals surface area contributed by atoms with Gasteiger partial charge in [0.25, 0.3) is 5.69 Å². The molecular weight excluding hydrogens is 376 g/mol. The van der Waals surface area contributed by atoms with Crippen LogP contribution in [-0.2, 0) is 0 Å². The Balaban J connectivity index is 1.92. The van der Waals surface area contributed by atoms with Gasteiger partial charge in [0.15, 0.2) is 11.5 Å². The number of halogens is 1. The van der Waals surface area contributed by atoms with Crippen molar-refractivity contribution in [1.29, 1.82) is 0 Å². The van der Waals surface area contributed by atoms with Crippen molar-refractivity contribution in [3.8, 4) is 11.5 Å². The minimum Gasteiger partial charge on any atom is -0.491 e. The molecule has 0 atom stereocenters. The molecule has 0 aliphatic heterocycles. The molecule has 134 valence electrons. The minimum atomic E-state index is -0.428. The van der Waals surface area contributed by atoms with Crippen LogP contribution in [0.1, 0.15) is 17.5 Å². The Bertz CT molecular complexity index is 1000. The zero-order chi connectivity index (χ0) is 18.7. The molecule has 3 rings (SSSR count).